The van der Waals surface area contributed by atoms with Gasteiger partial charge in [-0.25, -0.2) is 0 Å². The van der Waals surface area contributed by atoms with E-state index in [2.05, 4.69) is 0 Å². The molecular weight excluding hydrogens is 252 g/mol. The van der Waals surface area contributed by atoms with Gasteiger partial charge < -0.3 is 20.8 Å². The highest BCUT2D eigenvalue weighted by Gasteiger charge is 2.22. The van der Waals surface area contributed by atoms with E-state index in [9.17, 15) is 15.0 Å². The monoisotopic (exact) mass is 268 g/mol. The van der Waals surface area contributed by atoms with Crippen molar-refractivity contribution < 1.29 is 15.0 Å². The molecule has 0 aliphatic carbocycles. The molecule has 0 saturated carbocycles. The van der Waals surface area contributed by atoms with E-state index >= 15 is 0 Å². The highest BCUT2D eigenvalue weighted by molar-refractivity contribution is 7.80. The number of phenolic OH excluding ortho intramolecular Hbond substituents is 2. The van der Waals surface area contributed by atoms with Crippen LogP contribution >= 0.6 is 12.2 Å². The summed E-state index contributed by atoms with van der Waals surface area (Å²) in [6, 6.07) is 4.15. The number of amides is 1. The Hall–Kier alpha value is -1.82. The Morgan fingerprint density at radius 1 is 1.39 bits per heavy atom. The fourth-order valence-electron chi connectivity index (χ4n) is 1.62. The second-order valence-electron chi connectivity index (χ2n) is 3.86. The minimum Gasteiger partial charge on any atom is -0.507 e. The number of hydrogen-bond donors (Lipinski definition) is 3. The number of carbonyl (C=O) groups excluding carboxylic acids is 1. The van der Waals surface area contributed by atoms with Crippen molar-refractivity contribution in [3.8, 4) is 11.5 Å². The van der Waals surface area contributed by atoms with Gasteiger partial charge in [-0.3, -0.25) is 4.79 Å². The molecule has 1 amide bonds. The minimum absolute atomic E-state index is 0.121. The van der Waals surface area contributed by atoms with Gasteiger partial charge in [0.25, 0.3) is 5.91 Å². The third-order valence-corrected chi connectivity index (χ3v) is 2.49. The van der Waals surface area contributed by atoms with Crippen LogP contribution in [-0.2, 0) is 0 Å². The van der Waals surface area contributed by atoms with Crippen LogP contribution in [-0.4, -0.2) is 39.1 Å². The Kier molecular flexibility index (Phi) is 4.91. The van der Waals surface area contributed by atoms with Gasteiger partial charge in [-0.05, 0) is 18.6 Å². The number of hydrogen-bond acceptors (Lipinski definition) is 4. The van der Waals surface area contributed by atoms with E-state index in [1.807, 2.05) is 6.92 Å². The summed E-state index contributed by atoms with van der Waals surface area (Å²) in [6.45, 7) is 2.48. The zero-order valence-electron chi connectivity index (χ0n) is 10.1. The summed E-state index contributed by atoms with van der Waals surface area (Å²) in [5.41, 5.74) is 5.31. The van der Waals surface area contributed by atoms with Crippen molar-refractivity contribution in [3.63, 3.8) is 0 Å². The number of nitrogens with zero attached hydrogens (tertiary/aromatic N) is 1. The Morgan fingerprint density at radius 2 is 1.94 bits per heavy atom. The van der Waals surface area contributed by atoms with Crippen LogP contribution in [0.25, 0.3) is 0 Å². The highest BCUT2D eigenvalue weighted by atomic mass is 32.1. The van der Waals surface area contributed by atoms with Crippen LogP contribution in [0, 0.1) is 0 Å². The molecular formula is C12H16N2O3S. The molecule has 98 valence electrons. The molecule has 6 heteroatoms. The summed E-state index contributed by atoms with van der Waals surface area (Å²) in [5.74, 6) is -1.01. The second-order valence-corrected chi connectivity index (χ2v) is 4.39. The zero-order chi connectivity index (χ0) is 13.7. The van der Waals surface area contributed by atoms with Gasteiger partial charge in [-0.15, -0.1) is 0 Å². The van der Waals surface area contributed by atoms with Crippen molar-refractivity contribution in [2.24, 2.45) is 5.73 Å². The quantitative estimate of drug-likeness (QED) is 0.699. The first-order valence-corrected chi connectivity index (χ1v) is 5.96. The summed E-state index contributed by atoms with van der Waals surface area (Å²) >= 11 is 4.78. The lowest BCUT2D eigenvalue weighted by Crippen LogP contribution is -2.38. The molecule has 1 aromatic rings. The Morgan fingerprint density at radius 3 is 2.39 bits per heavy atom. The predicted octanol–water partition coefficient (Wildman–Crippen LogP) is 1.24. The molecule has 5 nitrogen and oxygen atoms in total. The van der Waals surface area contributed by atoms with Crippen molar-refractivity contribution in [1.29, 1.82) is 0 Å². The molecule has 18 heavy (non-hydrogen) atoms. The van der Waals surface area contributed by atoms with Gasteiger partial charge in [0.2, 0.25) is 0 Å². The van der Waals surface area contributed by atoms with Crippen LogP contribution < -0.4 is 5.73 Å². The minimum atomic E-state index is -0.486. The molecule has 0 unspecified atom stereocenters. The van der Waals surface area contributed by atoms with Crippen molar-refractivity contribution in [3.05, 3.63) is 23.8 Å². The summed E-state index contributed by atoms with van der Waals surface area (Å²) in [5, 5.41) is 19.3. The maximum absolute atomic E-state index is 12.2. The van der Waals surface area contributed by atoms with Crippen LogP contribution in [0.2, 0.25) is 0 Å². The molecule has 0 heterocycles. The van der Waals surface area contributed by atoms with Gasteiger partial charge in [0.15, 0.2) is 0 Å². The fraction of sp³-hybridized carbons (Fsp3) is 0.333. The van der Waals surface area contributed by atoms with Crippen LogP contribution in [0.5, 0.6) is 11.5 Å². The third kappa shape index (κ3) is 3.33. The Labute approximate surface area is 111 Å². The van der Waals surface area contributed by atoms with Crippen LogP contribution in [0.3, 0.4) is 0 Å². The zero-order valence-corrected chi connectivity index (χ0v) is 10.9. The normalized spacial score (nSPS) is 10.1. The van der Waals surface area contributed by atoms with Crippen LogP contribution in [0.1, 0.15) is 23.7 Å². The molecule has 1 rings (SSSR count). The first-order chi connectivity index (χ1) is 8.47. The number of aromatic hydroxyl groups is 2. The van der Waals surface area contributed by atoms with Gasteiger partial charge in [-0.1, -0.05) is 25.2 Å². The van der Waals surface area contributed by atoms with E-state index in [0.29, 0.717) is 6.54 Å². The van der Waals surface area contributed by atoms with Gasteiger partial charge in [0.1, 0.15) is 17.1 Å². The van der Waals surface area contributed by atoms with E-state index in [0.717, 1.165) is 6.42 Å². The average Bonchev–Trinajstić information content (AvgIpc) is 2.27. The molecule has 0 saturated heterocycles. The molecule has 4 N–H and O–H groups in total. The molecule has 0 aliphatic heterocycles. The number of carbonyl (C=O) groups is 1. The van der Waals surface area contributed by atoms with Gasteiger partial charge in [-0.2, -0.15) is 0 Å². The maximum Gasteiger partial charge on any atom is 0.261 e. The molecule has 1 aromatic carbocycles. The maximum atomic E-state index is 12.2. The van der Waals surface area contributed by atoms with Gasteiger partial charge >= 0.3 is 0 Å². The van der Waals surface area contributed by atoms with E-state index in [-0.39, 0.29) is 28.6 Å². The molecule has 0 fully saturated rings. The molecule has 0 radical (unpaired) electrons. The Bertz CT molecular complexity index is 442. The van der Waals surface area contributed by atoms with Crippen molar-refractivity contribution in [2.45, 2.75) is 13.3 Å². The summed E-state index contributed by atoms with van der Waals surface area (Å²) in [6.07, 6.45) is 0.725. The number of benzene rings is 1. The number of rotatable bonds is 5. The van der Waals surface area contributed by atoms with E-state index in [1.54, 1.807) is 0 Å². The van der Waals surface area contributed by atoms with E-state index < -0.39 is 5.91 Å². The SMILES string of the molecule is CCCN(CC(N)=S)C(=O)c1c(O)cccc1O. The van der Waals surface area contributed by atoms with Crippen molar-refractivity contribution in [2.75, 3.05) is 13.1 Å². The first kappa shape index (κ1) is 14.2. The fourth-order valence-corrected chi connectivity index (χ4v) is 1.77. The summed E-state index contributed by atoms with van der Waals surface area (Å²) < 4.78 is 0. The standard InChI is InChI=1S/C12H16N2O3S/c1-2-6-14(7-10(13)18)12(17)11-8(15)4-3-5-9(11)16/h3-5,15-16H,2,6-7H2,1H3,(H2,13,18). The lowest BCUT2D eigenvalue weighted by Gasteiger charge is -2.22. The largest absolute Gasteiger partial charge is 0.507 e. The summed E-state index contributed by atoms with van der Waals surface area (Å²) in [7, 11) is 0. The number of nitrogens with two attached hydrogens (primary N) is 1. The number of phenols is 2. The van der Waals surface area contributed by atoms with Gasteiger partial charge in [0, 0.05) is 6.54 Å². The van der Waals surface area contributed by atoms with E-state index in [4.69, 9.17) is 18.0 Å². The summed E-state index contributed by atoms with van der Waals surface area (Å²) in [4.78, 5) is 13.8. The van der Waals surface area contributed by atoms with E-state index in [1.165, 1.54) is 23.1 Å². The first-order valence-electron chi connectivity index (χ1n) is 5.55. The molecule has 0 atom stereocenters. The smallest absolute Gasteiger partial charge is 0.261 e. The third-order valence-electron chi connectivity index (χ3n) is 2.36. The molecule has 0 aliphatic rings. The van der Waals surface area contributed by atoms with Crippen LogP contribution in [0.4, 0.5) is 0 Å². The van der Waals surface area contributed by atoms with Crippen LogP contribution in [0.15, 0.2) is 18.2 Å². The Balaban J connectivity index is 3.05. The molecule has 0 bridgehead atoms. The lowest BCUT2D eigenvalue weighted by molar-refractivity contribution is 0.0774. The van der Waals surface area contributed by atoms with Crippen molar-refractivity contribution >= 4 is 23.1 Å². The molecule has 0 spiro atoms. The van der Waals surface area contributed by atoms with Crippen molar-refractivity contribution in [1.82, 2.24) is 4.90 Å². The lowest BCUT2D eigenvalue weighted by atomic mass is 10.1. The second kappa shape index (κ2) is 6.20. The van der Waals surface area contributed by atoms with Gasteiger partial charge in [0.05, 0.1) is 11.5 Å². The molecule has 0 aromatic heterocycles. The average molecular weight is 268 g/mol. The topological polar surface area (TPSA) is 86.8 Å². The highest BCUT2D eigenvalue weighted by Crippen LogP contribution is 2.27. The number of thiocarbonyl (C=S) groups is 1. The predicted molar refractivity (Wildman–Crippen MR) is 72.8 cm³/mol.